The van der Waals surface area contributed by atoms with E-state index in [9.17, 15) is 9.59 Å². The van der Waals surface area contributed by atoms with Crippen molar-refractivity contribution in [2.75, 3.05) is 19.7 Å². The Hall–Kier alpha value is -2.41. The quantitative estimate of drug-likeness (QED) is 0.693. The molecule has 0 aliphatic carbocycles. The number of benzene rings is 1. The van der Waals surface area contributed by atoms with Gasteiger partial charge in [-0.05, 0) is 60.1 Å². The average Bonchev–Trinajstić information content (AvgIpc) is 2.60. The lowest BCUT2D eigenvalue weighted by Gasteiger charge is -2.09. The zero-order chi connectivity index (χ0) is 18.2. The van der Waals surface area contributed by atoms with E-state index in [1.807, 2.05) is 13.8 Å². The van der Waals surface area contributed by atoms with E-state index < -0.39 is 0 Å². The van der Waals surface area contributed by atoms with Crippen molar-refractivity contribution in [1.29, 1.82) is 0 Å². The van der Waals surface area contributed by atoms with E-state index in [1.165, 1.54) is 6.20 Å². The predicted octanol–water partition coefficient (Wildman–Crippen LogP) is 2.71. The molecule has 0 fully saturated rings. The molecule has 0 atom stereocenters. The molecule has 1 aromatic heterocycles. The molecule has 0 spiro atoms. The van der Waals surface area contributed by atoms with E-state index in [0.29, 0.717) is 36.6 Å². The summed E-state index contributed by atoms with van der Waals surface area (Å²) in [7, 11) is 0. The number of aryl methyl sites for hydroxylation is 1. The lowest BCUT2D eigenvalue weighted by atomic mass is 10.2. The SMILES string of the molecule is CCOc1ccc(C(=O)NCCNC(=O)c2ccc(C)nc2)cc1Br. The highest BCUT2D eigenvalue weighted by molar-refractivity contribution is 9.10. The molecule has 132 valence electrons. The highest BCUT2D eigenvalue weighted by Crippen LogP contribution is 2.25. The van der Waals surface area contributed by atoms with Crippen LogP contribution in [-0.2, 0) is 0 Å². The van der Waals surface area contributed by atoms with Crippen LogP contribution < -0.4 is 15.4 Å². The Kier molecular flexibility index (Phi) is 6.94. The van der Waals surface area contributed by atoms with E-state index in [4.69, 9.17) is 4.74 Å². The minimum Gasteiger partial charge on any atom is -0.493 e. The van der Waals surface area contributed by atoms with Gasteiger partial charge in [0.15, 0.2) is 0 Å². The van der Waals surface area contributed by atoms with Crippen molar-refractivity contribution in [3.05, 3.63) is 57.8 Å². The molecule has 2 amide bonds. The number of hydrogen-bond acceptors (Lipinski definition) is 4. The van der Waals surface area contributed by atoms with Crippen molar-refractivity contribution in [2.24, 2.45) is 0 Å². The minimum atomic E-state index is -0.217. The first-order chi connectivity index (χ1) is 12.0. The smallest absolute Gasteiger partial charge is 0.252 e. The van der Waals surface area contributed by atoms with E-state index >= 15 is 0 Å². The lowest BCUT2D eigenvalue weighted by Crippen LogP contribution is -2.34. The summed E-state index contributed by atoms with van der Waals surface area (Å²) in [6.07, 6.45) is 1.53. The number of carbonyl (C=O) groups excluding carboxylic acids is 2. The van der Waals surface area contributed by atoms with Crippen LogP contribution in [0.25, 0.3) is 0 Å². The number of nitrogens with one attached hydrogen (secondary N) is 2. The zero-order valence-electron chi connectivity index (χ0n) is 14.1. The molecule has 2 rings (SSSR count). The van der Waals surface area contributed by atoms with Gasteiger partial charge in [-0.2, -0.15) is 0 Å². The van der Waals surface area contributed by atoms with Crippen LogP contribution in [0.2, 0.25) is 0 Å². The maximum Gasteiger partial charge on any atom is 0.252 e. The van der Waals surface area contributed by atoms with Crippen molar-refractivity contribution in [3.8, 4) is 5.75 Å². The van der Waals surface area contributed by atoms with Gasteiger partial charge in [-0.25, -0.2) is 0 Å². The Bertz CT molecular complexity index is 748. The van der Waals surface area contributed by atoms with Gasteiger partial charge in [-0.1, -0.05) is 0 Å². The predicted molar refractivity (Wildman–Crippen MR) is 99.0 cm³/mol. The van der Waals surface area contributed by atoms with Crippen molar-refractivity contribution in [1.82, 2.24) is 15.6 Å². The second kappa shape index (κ2) is 9.17. The number of rotatable bonds is 7. The third-order valence-electron chi connectivity index (χ3n) is 3.36. The van der Waals surface area contributed by atoms with Gasteiger partial charge in [0, 0.05) is 30.5 Å². The molecule has 6 nitrogen and oxygen atoms in total. The standard InChI is InChI=1S/C18H20BrN3O3/c1-3-25-16-7-6-13(10-15(16)19)17(23)20-8-9-21-18(24)14-5-4-12(2)22-11-14/h4-7,10-11H,3,8-9H2,1-2H3,(H,20,23)(H,21,24). The van der Waals surface area contributed by atoms with Gasteiger partial charge < -0.3 is 15.4 Å². The molecular formula is C18H20BrN3O3. The molecule has 0 aliphatic rings. The summed E-state index contributed by atoms with van der Waals surface area (Å²) in [4.78, 5) is 28.1. The number of carbonyl (C=O) groups is 2. The first-order valence-electron chi connectivity index (χ1n) is 7.92. The molecule has 7 heteroatoms. The van der Waals surface area contributed by atoms with Crippen LogP contribution in [0.4, 0.5) is 0 Å². The molecule has 1 aromatic carbocycles. The number of hydrogen-bond donors (Lipinski definition) is 2. The third-order valence-corrected chi connectivity index (χ3v) is 3.98. The van der Waals surface area contributed by atoms with E-state index in [1.54, 1.807) is 30.3 Å². The Labute approximate surface area is 155 Å². The van der Waals surface area contributed by atoms with Crippen LogP contribution in [-0.4, -0.2) is 36.5 Å². The topological polar surface area (TPSA) is 80.3 Å². The van der Waals surface area contributed by atoms with Crippen molar-refractivity contribution in [3.63, 3.8) is 0 Å². The van der Waals surface area contributed by atoms with Crippen molar-refractivity contribution < 1.29 is 14.3 Å². The maximum atomic E-state index is 12.1. The van der Waals surface area contributed by atoms with Gasteiger partial charge >= 0.3 is 0 Å². The van der Waals surface area contributed by atoms with Crippen molar-refractivity contribution >= 4 is 27.7 Å². The summed E-state index contributed by atoms with van der Waals surface area (Å²) in [6, 6.07) is 8.64. The molecule has 0 radical (unpaired) electrons. The molecule has 2 aromatic rings. The van der Waals surface area contributed by atoms with Crippen LogP contribution in [0.5, 0.6) is 5.75 Å². The Morgan fingerprint density at radius 3 is 2.28 bits per heavy atom. The van der Waals surface area contributed by atoms with Gasteiger partial charge in [-0.3, -0.25) is 14.6 Å². The summed E-state index contributed by atoms with van der Waals surface area (Å²) in [5, 5.41) is 5.50. The van der Waals surface area contributed by atoms with Crippen LogP contribution in [0.15, 0.2) is 41.0 Å². The number of nitrogens with zero attached hydrogens (tertiary/aromatic N) is 1. The zero-order valence-corrected chi connectivity index (χ0v) is 15.7. The fourth-order valence-electron chi connectivity index (χ4n) is 2.07. The fourth-order valence-corrected chi connectivity index (χ4v) is 2.57. The largest absolute Gasteiger partial charge is 0.493 e. The summed E-state index contributed by atoms with van der Waals surface area (Å²) < 4.78 is 6.14. The summed E-state index contributed by atoms with van der Waals surface area (Å²) in [5.74, 6) is 0.263. The number of pyridine rings is 1. The molecule has 0 bridgehead atoms. The second-order valence-corrected chi connectivity index (χ2v) is 6.13. The first-order valence-corrected chi connectivity index (χ1v) is 8.72. The number of halogens is 1. The van der Waals surface area contributed by atoms with Crippen LogP contribution in [0.3, 0.4) is 0 Å². The Morgan fingerprint density at radius 2 is 1.72 bits per heavy atom. The maximum absolute atomic E-state index is 12.1. The number of ether oxygens (including phenoxy) is 1. The third kappa shape index (κ3) is 5.56. The van der Waals surface area contributed by atoms with Gasteiger partial charge in [-0.15, -0.1) is 0 Å². The monoisotopic (exact) mass is 405 g/mol. The molecule has 1 heterocycles. The summed E-state index contributed by atoms with van der Waals surface area (Å²) in [6.45, 7) is 4.97. The van der Waals surface area contributed by atoms with Gasteiger partial charge in [0.25, 0.3) is 11.8 Å². The molecule has 0 aliphatic heterocycles. The van der Waals surface area contributed by atoms with Crippen molar-refractivity contribution in [2.45, 2.75) is 13.8 Å². The highest BCUT2D eigenvalue weighted by atomic mass is 79.9. The van der Waals surface area contributed by atoms with E-state index in [-0.39, 0.29) is 11.8 Å². The first kappa shape index (κ1) is 18.9. The highest BCUT2D eigenvalue weighted by Gasteiger charge is 2.09. The molecular weight excluding hydrogens is 386 g/mol. The van der Waals surface area contributed by atoms with E-state index in [0.717, 1.165) is 10.2 Å². The summed E-state index contributed by atoms with van der Waals surface area (Å²) >= 11 is 3.38. The molecule has 25 heavy (non-hydrogen) atoms. The van der Waals surface area contributed by atoms with Gasteiger partial charge in [0.05, 0.1) is 16.6 Å². The van der Waals surface area contributed by atoms with E-state index in [2.05, 4.69) is 31.5 Å². The molecule has 2 N–H and O–H groups in total. The van der Waals surface area contributed by atoms with Gasteiger partial charge in [0.1, 0.15) is 5.75 Å². The number of amides is 2. The molecule has 0 unspecified atom stereocenters. The summed E-state index contributed by atoms with van der Waals surface area (Å²) in [5.41, 5.74) is 1.86. The molecule has 0 saturated heterocycles. The lowest BCUT2D eigenvalue weighted by molar-refractivity contribution is 0.0927. The van der Waals surface area contributed by atoms with Crippen LogP contribution in [0, 0.1) is 6.92 Å². The van der Waals surface area contributed by atoms with Crippen LogP contribution >= 0.6 is 15.9 Å². The Balaban J connectivity index is 1.79. The minimum absolute atomic E-state index is 0.213. The molecule has 0 saturated carbocycles. The fraction of sp³-hybridized carbons (Fsp3) is 0.278. The average molecular weight is 406 g/mol. The second-order valence-electron chi connectivity index (χ2n) is 5.28. The Morgan fingerprint density at radius 1 is 1.08 bits per heavy atom. The number of aromatic nitrogens is 1. The van der Waals surface area contributed by atoms with Crippen LogP contribution in [0.1, 0.15) is 33.3 Å². The van der Waals surface area contributed by atoms with Gasteiger partial charge in [0.2, 0.25) is 0 Å². The normalized spacial score (nSPS) is 10.2.